The number of halogens is 1. The molecule has 0 aromatic rings. The van der Waals surface area contributed by atoms with Gasteiger partial charge in [-0.05, 0) is 26.6 Å². The lowest BCUT2D eigenvalue weighted by Crippen LogP contribution is -2.30. The largest absolute Gasteiger partial charge is 0.305 e. The molecule has 1 heterocycles. The highest BCUT2D eigenvalue weighted by Crippen LogP contribution is 2.00. The average molecular weight is 221 g/mol. The fourth-order valence-corrected chi connectivity index (χ4v) is 1.94. The van der Waals surface area contributed by atoms with E-state index in [0.717, 1.165) is 5.33 Å². The third-order valence-electron chi connectivity index (χ3n) is 2.21. The lowest BCUT2D eigenvalue weighted by molar-refractivity contribution is 0.291. The number of hydrogen-bond donors (Lipinski definition) is 0. The van der Waals surface area contributed by atoms with Crippen LogP contribution in [0.2, 0.25) is 0 Å². The maximum absolute atomic E-state index is 3.47. The molecule has 0 saturated carbocycles. The Labute approximate surface area is 77.7 Å². The van der Waals surface area contributed by atoms with Gasteiger partial charge in [0.1, 0.15) is 0 Å². The van der Waals surface area contributed by atoms with Crippen molar-refractivity contribution in [3.05, 3.63) is 0 Å². The van der Waals surface area contributed by atoms with Crippen molar-refractivity contribution in [1.82, 2.24) is 9.80 Å². The topological polar surface area (TPSA) is 6.48 Å². The van der Waals surface area contributed by atoms with Crippen LogP contribution in [0.5, 0.6) is 0 Å². The summed E-state index contributed by atoms with van der Waals surface area (Å²) in [6.07, 6.45) is 1.32. The van der Waals surface area contributed by atoms with Gasteiger partial charge in [0, 0.05) is 25.0 Å². The maximum atomic E-state index is 3.47. The molecule has 1 fully saturated rings. The van der Waals surface area contributed by atoms with Gasteiger partial charge in [0.15, 0.2) is 0 Å². The summed E-state index contributed by atoms with van der Waals surface area (Å²) in [5.41, 5.74) is 0. The molecule has 0 aromatic heterocycles. The van der Waals surface area contributed by atoms with Crippen LogP contribution in [-0.2, 0) is 0 Å². The number of hydrogen-bond acceptors (Lipinski definition) is 2. The van der Waals surface area contributed by atoms with Gasteiger partial charge in [-0.1, -0.05) is 15.9 Å². The molecule has 3 heteroatoms. The second-order valence-electron chi connectivity index (χ2n) is 3.19. The van der Waals surface area contributed by atoms with Gasteiger partial charge >= 0.3 is 0 Å². The molecule has 1 saturated heterocycles. The number of likely N-dealkylation sites (N-methyl/N-ethyl adjacent to an activating group) is 1. The molecule has 0 aromatic carbocycles. The summed E-state index contributed by atoms with van der Waals surface area (Å²) in [6.45, 7) is 6.21. The van der Waals surface area contributed by atoms with Crippen molar-refractivity contribution >= 4 is 15.9 Å². The third kappa shape index (κ3) is 3.54. The van der Waals surface area contributed by atoms with Gasteiger partial charge in [-0.15, -0.1) is 0 Å². The molecule has 0 atom stereocenters. The van der Waals surface area contributed by atoms with Crippen molar-refractivity contribution in [2.45, 2.75) is 6.42 Å². The lowest BCUT2D eigenvalue weighted by atomic mass is 10.4. The van der Waals surface area contributed by atoms with Crippen molar-refractivity contribution in [3.63, 3.8) is 0 Å². The van der Waals surface area contributed by atoms with Crippen molar-refractivity contribution in [1.29, 1.82) is 0 Å². The Morgan fingerprint density at radius 2 is 2.00 bits per heavy atom. The van der Waals surface area contributed by atoms with Gasteiger partial charge < -0.3 is 9.80 Å². The second-order valence-corrected chi connectivity index (χ2v) is 3.98. The molecule has 1 rings (SSSR count). The zero-order chi connectivity index (χ0) is 8.10. The van der Waals surface area contributed by atoms with Crippen molar-refractivity contribution < 1.29 is 0 Å². The van der Waals surface area contributed by atoms with Crippen LogP contribution in [0.15, 0.2) is 0 Å². The van der Waals surface area contributed by atoms with Gasteiger partial charge in [-0.3, -0.25) is 0 Å². The van der Waals surface area contributed by atoms with Crippen LogP contribution in [0.3, 0.4) is 0 Å². The Morgan fingerprint density at radius 3 is 2.73 bits per heavy atom. The number of rotatable bonds is 2. The Kier molecular flexibility index (Phi) is 4.41. The first-order valence-electron chi connectivity index (χ1n) is 4.30. The van der Waals surface area contributed by atoms with E-state index < -0.39 is 0 Å². The molecule has 2 nitrogen and oxygen atoms in total. The quantitative estimate of drug-likeness (QED) is 0.642. The standard InChI is InChI=1S/C8H17BrN2/c1-10-4-2-5-11(6-3-9)8-7-10/h2-8H2,1H3. The van der Waals surface area contributed by atoms with Crippen LogP contribution in [0.1, 0.15) is 6.42 Å². The number of nitrogens with zero attached hydrogens (tertiary/aromatic N) is 2. The minimum atomic E-state index is 1.11. The Bertz CT molecular complexity index is 108. The fraction of sp³-hybridized carbons (Fsp3) is 1.00. The van der Waals surface area contributed by atoms with Gasteiger partial charge in [0.05, 0.1) is 0 Å². The van der Waals surface area contributed by atoms with E-state index in [2.05, 4.69) is 32.8 Å². The average Bonchev–Trinajstić information content (AvgIpc) is 2.17. The third-order valence-corrected chi connectivity index (χ3v) is 2.57. The van der Waals surface area contributed by atoms with E-state index in [1.807, 2.05) is 0 Å². The highest BCUT2D eigenvalue weighted by Gasteiger charge is 2.10. The van der Waals surface area contributed by atoms with Crippen molar-refractivity contribution in [2.75, 3.05) is 45.1 Å². The molecule has 0 spiro atoms. The van der Waals surface area contributed by atoms with E-state index in [-0.39, 0.29) is 0 Å². The molecule has 0 aliphatic carbocycles. The molecule has 11 heavy (non-hydrogen) atoms. The molecule has 1 aliphatic heterocycles. The highest BCUT2D eigenvalue weighted by molar-refractivity contribution is 9.09. The number of alkyl halides is 1. The van der Waals surface area contributed by atoms with Crippen LogP contribution in [0.4, 0.5) is 0 Å². The molecule has 0 N–H and O–H groups in total. The maximum Gasteiger partial charge on any atom is 0.0159 e. The van der Waals surface area contributed by atoms with Crippen LogP contribution in [-0.4, -0.2) is 54.9 Å². The van der Waals surface area contributed by atoms with Crippen molar-refractivity contribution in [2.24, 2.45) is 0 Å². The molecule has 66 valence electrons. The van der Waals surface area contributed by atoms with Crippen LogP contribution in [0, 0.1) is 0 Å². The van der Waals surface area contributed by atoms with Gasteiger partial charge in [0.25, 0.3) is 0 Å². The highest BCUT2D eigenvalue weighted by atomic mass is 79.9. The summed E-state index contributed by atoms with van der Waals surface area (Å²) in [6, 6.07) is 0. The Morgan fingerprint density at radius 1 is 1.18 bits per heavy atom. The van der Waals surface area contributed by atoms with E-state index in [0.29, 0.717) is 0 Å². The molecule has 0 radical (unpaired) electrons. The molecular weight excluding hydrogens is 204 g/mol. The van der Waals surface area contributed by atoms with Gasteiger partial charge in [0.2, 0.25) is 0 Å². The summed E-state index contributed by atoms with van der Waals surface area (Å²) in [5, 5.41) is 1.11. The first kappa shape index (κ1) is 9.49. The monoisotopic (exact) mass is 220 g/mol. The summed E-state index contributed by atoms with van der Waals surface area (Å²) < 4.78 is 0. The molecule has 0 amide bonds. The summed E-state index contributed by atoms with van der Waals surface area (Å²) in [4.78, 5) is 4.94. The van der Waals surface area contributed by atoms with E-state index >= 15 is 0 Å². The molecule has 1 aliphatic rings. The smallest absolute Gasteiger partial charge is 0.0159 e. The van der Waals surface area contributed by atoms with Gasteiger partial charge in [-0.2, -0.15) is 0 Å². The van der Waals surface area contributed by atoms with Crippen molar-refractivity contribution in [3.8, 4) is 0 Å². The first-order chi connectivity index (χ1) is 5.33. The summed E-state index contributed by atoms with van der Waals surface area (Å²) in [5.74, 6) is 0. The van der Waals surface area contributed by atoms with Crippen LogP contribution >= 0.6 is 15.9 Å². The Balaban J connectivity index is 2.22. The predicted octanol–water partition coefficient (Wildman–Crippen LogP) is 1.02. The van der Waals surface area contributed by atoms with E-state index in [9.17, 15) is 0 Å². The molecule has 0 unspecified atom stereocenters. The fourth-order valence-electron chi connectivity index (χ4n) is 1.44. The minimum absolute atomic E-state index is 1.11. The van der Waals surface area contributed by atoms with Gasteiger partial charge in [-0.25, -0.2) is 0 Å². The molecule has 0 bridgehead atoms. The molecular formula is C8H17BrN2. The summed E-state index contributed by atoms with van der Waals surface area (Å²) >= 11 is 3.47. The minimum Gasteiger partial charge on any atom is -0.305 e. The summed E-state index contributed by atoms with van der Waals surface area (Å²) in [7, 11) is 2.21. The van der Waals surface area contributed by atoms with E-state index in [4.69, 9.17) is 0 Å². The van der Waals surface area contributed by atoms with Crippen LogP contribution in [0.25, 0.3) is 0 Å². The van der Waals surface area contributed by atoms with E-state index in [1.165, 1.54) is 39.1 Å². The predicted molar refractivity (Wildman–Crippen MR) is 52.3 cm³/mol. The second kappa shape index (κ2) is 5.12. The van der Waals surface area contributed by atoms with Crippen LogP contribution < -0.4 is 0 Å². The Hall–Kier alpha value is 0.400. The zero-order valence-electron chi connectivity index (χ0n) is 7.22. The van der Waals surface area contributed by atoms with E-state index in [1.54, 1.807) is 0 Å². The lowest BCUT2D eigenvalue weighted by Gasteiger charge is -2.18. The zero-order valence-corrected chi connectivity index (χ0v) is 8.81. The SMILES string of the molecule is CN1CCCN(CCBr)CC1. The normalized spacial score (nSPS) is 23.5. The first-order valence-corrected chi connectivity index (χ1v) is 5.42.